The van der Waals surface area contributed by atoms with Gasteiger partial charge in [0.15, 0.2) is 0 Å². The van der Waals surface area contributed by atoms with Crippen LogP contribution in [0.15, 0.2) is 53.4 Å². The molecule has 1 N–H and O–H groups in total. The number of halogens is 1. The average Bonchev–Trinajstić information content (AvgIpc) is 2.63. The summed E-state index contributed by atoms with van der Waals surface area (Å²) in [7, 11) is -3.44. The Kier molecular flexibility index (Phi) is 7.20. The Morgan fingerprint density at radius 2 is 1.58 bits per heavy atom. The molecule has 0 aliphatic rings. The van der Waals surface area contributed by atoms with Crippen LogP contribution in [0.25, 0.3) is 0 Å². The summed E-state index contributed by atoms with van der Waals surface area (Å²) in [5.41, 5.74) is 1.51. The van der Waals surface area contributed by atoms with Gasteiger partial charge >= 0.3 is 0 Å². The number of nitrogens with zero attached hydrogens (tertiary/aromatic N) is 1. The van der Waals surface area contributed by atoms with Crippen LogP contribution < -0.4 is 5.32 Å². The van der Waals surface area contributed by atoms with E-state index < -0.39 is 10.0 Å². The molecule has 0 fully saturated rings. The minimum Gasteiger partial charge on any atom is -0.352 e. The molecular formula is C19H23ClN2O3S. The van der Waals surface area contributed by atoms with Gasteiger partial charge in [0.2, 0.25) is 10.0 Å². The van der Waals surface area contributed by atoms with E-state index in [1.165, 1.54) is 4.31 Å². The molecule has 2 aromatic rings. The second-order valence-corrected chi connectivity index (χ2v) is 8.12. The zero-order valence-electron chi connectivity index (χ0n) is 14.9. The topological polar surface area (TPSA) is 66.5 Å². The molecule has 2 rings (SSSR count). The van der Waals surface area contributed by atoms with Crippen molar-refractivity contribution in [3.05, 3.63) is 64.7 Å². The minimum absolute atomic E-state index is 0.164. The third-order valence-corrected chi connectivity index (χ3v) is 6.39. The number of hydrogen-bond acceptors (Lipinski definition) is 3. The van der Waals surface area contributed by atoms with Crippen LogP contribution in [0.4, 0.5) is 0 Å². The van der Waals surface area contributed by atoms with Crippen molar-refractivity contribution in [1.29, 1.82) is 0 Å². The first-order chi connectivity index (χ1) is 12.4. The third-order valence-electron chi connectivity index (χ3n) is 4.07. The molecule has 0 radical (unpaired) electrons. The summed E-state index contributed by atoms with van der Waals surface area (Å²) in [6, 6.07) is 13.5. The predicted octanol–water partition coefficient (Wildman–Crippen LogP) is 3.34. The van der Waals surface area contributed by atoms with E-state index in [4.69, 9.17) is 11.6 Å². The van der Waals surface area contributed by atoms with Gasteiger partial charge in [0.05, 0.1) is 4.90 Å². The van der Waals surface area contributed by atoms with Crippen molar-refractivity contribution in [3.8, 4) is 0 Å². The molecule has 5 nitrogen and oxygen atoms in total. The predicted molar refractivity (Wildman–Crippen MR) is 104 cm³/mol. The van der Waals surface area contributed by atoms with Crippen molar-refractivity contribution in [2.75, 3.05) is 19.6 Å². The molecule has 0 unspecified atom stereocenters. The third kappa shape index (κ3) is 5.06. The van der Waals surface area contributed by atoms with Crippen LogP contribution in [-0.2, 0) is 16.4 Å². The first-order valence-corrected chi connectivity index (χ1v) is 10.3. The highest BCUT2D eigenvalue weighted by Crippen LogP contribution is 2.16. The Labute approximate surface area is 160 Å². The van der Waals surface area contributed by atoms with Gasteiger partial charge in [-0.1, -0.05) is 37.6 Å². The van der Waals surface area contributed by atoms with Gasteiger partial charge in [0.25, 0.3) is 5.91 Å². The minimum atomic E-state index is -3.44. The van der Waals surface area contributed by atoms with Crippen molar-refractivity contribution in [2.45, 2.75) is 25.2 Å². The van der Waals surface area contributed by atoms with Crippen molar-refractivity contribution in [3.63, 3.8) is 0 Å². The van der Waals surface area contributed by atoms with Crippen molar-refractivity contribution in [1.82, 2.24) is 9.62 Å². The molecule has 0 saturated carbocycles. The zero-order valence-corrected chi connectivity index (χ0v) is 16.5. The number of carbonyl (C=O) groups excluding carboxylic acids is 1. The van der Waals surface area contributed by atoms with E-state index in [0.29, 0.717) is 36.6 Å². The molecule has 0 spiro atoms. The number of carbonyl (C=O) groups is 1. The number of benzene rings is 2. The lowest BCUT2D eigenvalue weighted by Gasteiger charge is -2.18. The lowest BCUT2D eigenvalue weighted by atomic mass is 10.1. The maximum atomic E-state index is 12.4. The highest BCUT2D eigenvalue weighted by Gasteiger charge is 2.21. The van der Waals surface area contributed by atoms with Crippen LogP contribution in [0.3, 0.4) is 0 Å². The largest absolute Gasteiger partial charge is 0.352 e. The second-order valence-electron chi connectivity index (χ2n) is 5.75. The van der Waals surface area contributed by atoms with Crippen LogP contribution in [0.1, 0.15) is 29.8 Å². The van der Waals surface area contributed by atoms with Gasteiger partial charge in [-0.05, 0) is 48.4 Å². The van der Waals surface area contributed by atoms with E-state index in [1.54, 1.807) is 48.5 Å². The summed E-state index contributed by atoms with van der Waals surface area (Å²) in [5.74, 6) is -0.164. The van der Waals surface area contributed by atoms with E-state index in [1.807, 2.05) is 13.8 Å². The molecular weight excluding hydrogens is 372 g/mol. The van der Waals surface area contributed by atoms with Gasteiger partial charge < -0.3 is 5.32 Å². The Hall–Kier alpha value is -1.89. The van der Waals surface area contributed by atoms with Gasteiger partial charge in [-0.3, -0.25) is 4.79 Å². The number of sulfonamides is 1. The molecule has 0 aliphatic carbocycles. The van der Waals surface area contributed by atoms with Crippen molar-refractivity contribution >= 4 is 27.5 Å². The van der Waals surface area contributed by atoms with Crippen LogP contribution in [-0.4, -0.2) is 38.3 Å². The number of amides is 1. The maximum Gasteiger partial charge on any atom is 0.251 e. The van der Waals surface area contributed by atoms with Gasteiger partial charge in [-0.25, -0.2) is 8.42 Å². The number of hydrogen-bond donors (Lipinski definition) is 1. The maximum absolute atomic E-state index is 12.4. The molecule has 0 atom stereocenters. The fourth-order valence-corrected chi connectivity index (χ4v) is 4.15. The normalized spacial score (nSPS) is 11.5. The lowest BCUT2D eigenvalue weighted by Crippen LogP contribution is -2.30. The quantitative estimate of drug-likeness (QED) is 0.746. The van der Waals surface area contributed by atoms with E-state index >= 15 is 0 Å². The molecule has 2 aromatic carbocycles. The molecule has 0 heterocycles. The average molecular weight is 395 g/mol. The monoisotopic (exact) mass is 394 g/mol. The molecule has 1 amide bonds. The summed E-state index contributed by atoms with van der Waals surface area (Å²) < 4.78 is 26.3. The van der Waals surface area contributed by atoms with Gasteiger partial charge in [0, 0.05) is 30.2 Å². The highest BCUT2D eigenvalue weighted by atomic mass is 35.5. The molecule has 7 heteroatoms. The summed E-state index contributed by atoms with van der Waals surface area (Å²) in [4.78, 5) is 12.3. The Morgan fingerprint density at radius 3 is 2.12 bits per heavy atom. The fraction of sp³-hybridized carbons (Fsp3) is 0.316. The summed E-state index contributed by atoms with van der Waals surface area (Å²) in [6.45, 7) is 4.98. The Balaban J connectivity index is 1.93. The van der Waals surface area contributed by atoms with Gasteiger partial charge in [-0.15, -0.1) is 0 Å². The zero-order chi connectivity index (χ0) is 19.2. The second kappa shape index (κ2) is 9.16. The molecule has 140 valence electrons. The highest BCUT2D eigenvalue weighted by molar-refractivity contribution is 7.89. The number of nitrogens with one attached hydrogen (secondary N) is 1. The standard InChI is InChI=1S/C19H23ClN2O3S/c1-3-22(4-2)26(24,25)18-11-5-15(6-12-18)13-14-21-19(23)16-7-9-17(20)10-8-16/h5-12H,3-4,13-14H2,1-2H3,(H,21,23). The van der Waals surface area contributed by atoms with Crippen molar-refractivity contribution in [2.24, 2.45) is 0 Å². The van der Waals surface area contributed by atoms with E-state index in [9.17, 15) is 13.2 Å². The van der Waals surface area contributed by atoms with Crippen molar-refractivity contribution < 1.29 is 13.2 Å². The Bertz CT molecular complexity index is 830. The van der Waals surface area contributed by atoms with Crippen LogP contribution >= 0.6 is 11.6 Å². The Morgan fingerprint density at radius 1 is 1.00 bits per heavy atom. The molecule has 0 aliphatic heterocycles. The first kappa shape index (κ1) is 20.4. The first-order valence-electron chi connectivity index (χ1n) is 8.51. The fourth-order valence-electron chi connectivity index (χ4n) is 2.56. The SMILES string of the molecule is CCN(CC)S(=O)(=O)c1ccc(CCNC(=O)c2ccc(Cl)cc2)cc1. The van der Waals surface area contributed by atoms with E-state index in [2.05, 4.69) is 5.32 Å². The molecule has 0 aromatic heterocycles. The molecule has 0 bridgehead atoms. The van der Waals surface area contributed by atoms with Gasteiger partial charge in [0.1, 0.15) is 0 Å². The smallest absolute Gasteiger partial charge is 0.251 e. The molecule has 26 heavy (non-hydrogen) atoms. The molecule has 0 saturated heterocycles. The van der Waals surface area contributed by atoms with Crippen LogP contribution in [0.5, 0.6) is 0 Å². The van der Waals surface area contributed by atoms with E-state index in [-0.39, 0.29) is 10.8 Å². The van der Waals surface area contributed by atoms with Gasteiger partial charge in [-0.2, -0.15) is 4.31 Å². The summed E-state index contributed by atoms with van der Waals surface area (Å²) in [5, 5.41) is 3.42. The van der Waals surface area contributed by atoms with Crippen LogP contribution in [0.2, 0.25) is 5.02 Å². The van der Waals surface area contributed by atoms with E-state index in [0.717, 1.165) is 5.56 Å². The lowest BCUT2D eigenvalue weighted by molar-refractivity contribution is 0.0954. The summed E-state index contributed by atoms with van der Waals surface area (Å²) in [6.07, 6.45) is 0.616. The van der Waals surface area contributed by atoms with Crippen LogP contribution in [0, 0.1) is 0 Å². The number of rotatable bonds is 8. The summed E-state index contributed by atoms with van der Waals surface area (Å²) >= 11 is 5.81.